The number of ether oxygens (including phenoxy) is 1. The number of benzene rings is 3. The topological polar surface area (TPSA) is 96.0 Å². The van der Waals surface area contributed by atoms with E-state index < -0.39 is 16.1 Å². The van der Waals surface area contributed by atoms with Crippen molar-refractivity contribution in [2.24, 2.45) is 0 Å². The smallest absolute Gasteiger partial charge is 0.243 e. The van der Waals surface area contributed by atoms with Gasteiger partial charge in [-0.1, -0.05) is 77.5 Å². The summed E-state index contributed by atoms with van der Waals surface area (Å²) in [4.78, 5) is 29.3. The maximum Gasteiger partial charge on any atom is 0.243 e. The second kappa shape index (κ2) is 15.7. The molecule has 0 unspecified atom stereocenters. The van der Waals surface area contributed by atoms with Gasteiger partial charge in [0.15, 0.2) is 0 Å². The van der Waals surface area contributed by atoms with E-state index in [2.05, 4.69) is 21.2 Å². The third-order valence-corrected chi connectivity index (χ3v) is 8.69. The quantitative estimate of drug-likeness (QED) is 0.231. The van der Waals surface area contributed by atoms with E-state index in [4.69, 9.17) is 4.74 Å². The molecule has 0 fully saturated rings. The Kier molecular flexibility index (Phi) is 12.4. The first-order valence-corrected chi connectivity index (χ1v) is 16.7. The van der Waals surface area contributed by atoms with Crippen LogP contribution in [0, 0.1) is 0 Å². The highest BCUT2D eigenvalue weighted by atomic mass is 79.9. The van der Waals surface area contributed by atoms with Crippen molar-refractivity contribution in [3.8, 4) is 5.75 Å². The van der Waals surface area contributed by atoms with Gasteiger partial charge in [-0.15, -0.1) is 0 Å². The van der Waals surface area contributed by atoms with E-state index in [1.54, 1.807) is 29.2 Å². The van der Waals surface area contributed by atoms with Crippen molar-refractivity contribution in [1.29, 1.82) is 0 Å². The fourth-order valence-corrected chi connectivity index (χ4v) is 6.06. The summed E-state index contributed by atoms with van der Waals surface area (Å²) in [6.07, 6.45) is 2.55. The normalized spacial score (nSPS) is 12.7. The van der Waals surface area contributed by atoms with E-state index in [0.29, 0.717) is 17.9 Å². The van der Waals surface area contributed by atoms with Gasteiger partial charge in [0.25, 0.3) is 0 Å². The summed E-state index contributed by atoms with van der Waals surface area (Å²) < 4.78 is 33.0. The molecule has 0 saturated carbocycles. The lowest BCUT2D eigenvalue weighted by Crippen LogP contribution is -2.52. The summed E-state index contributed by atoms with van der Waals surface area (Å²) in [6.45, 7) is 4.25. The van der Waals surface area contributed by atoms with Crippen LogP contribution in [-0.2, 0) is 32.6 Å². The monoisotopic (exact) mass is 657 g/mol. The number of hydrogen-bond donors (Lipinski definition) is 1. The number of para-hydroxylation sites is 2. The summed E-state index contributed by atoms with van der Waals surface area (Å²) in [5.74, 6) is -0.0257. The van der Waals surface area contributed by atoms with Gasteiger partial charge in [0, 0.05) is 36.4 Å². The number of rotatable bonds is 15. The molecule has 2 amide bonds. The first-order chi connectivity index (χ1) is 20.0. The molecule has 1 N–H and O–H groups in total. The Morgan fingerprint density at radius 3 is 2.29 bits per heavy atom. The Hall–Kier alpha value is -3.37. The molecule has 0 spiro atoms. The zero-order valence-electron chi connectivity index (χ0n) is 24.6. The van der Waals surface area contributed by atoms with Crippen LogP contribution in [0.4, 0.5) is 5.69 Å². The summed E-state index contributed by atoms with van der Waals surface area (Å²) in [7, 11) is -2.16. The largest absolute Gasteiger partial charge is 0.495 e. The van der Waals surface area contributed by atoms with Gasteiger partial charge in [-0.05, 0) is 55.2 Å². The number of hydrogen-bond acceptors (Lipinski definition) is 5. The molecule has 0 aromatic heterocycles. The van der Waals surface area contributed by atoms with Gasteiger partial charge in [-0.25, -0.2) is 8.42 Å². The molecule has 3 rings (SSSR count). The van der Waals surface area contributed by atoms with Crippen molar-refractivity contribution in [1.82, 2.24) is 10.2 Å². The van der Waals surface area contributed by atoms with Gasteiger partial charge in [0.2, 0.25) is 21.8 Å². The zero-order chi connectivity index (χ0) is 30.7. The molecular weight excluding hydrogens is 618 g/mol. The minimum atomic E-state index is -3.65. The number of nitrogens with one attached hydrogen (secondary N) is 1. The number of amides is 2. The lowest BCUT2D eigenvalue weighted by molar-refractivity contribution is -0.141. The lowest BCUT2D eigenvalue weighted by Gasteiger charge is -2.33. The molecule has 3 aromatic carbocycles. The molecular formula is C32H40BrN3O5S. The molecule has 0 saturated heterocycles. The third-order valence-electron chi connectivity index (χ3n) is 7.02. The molecule has 0 aliphatic rings. The van der Waals surface area contributed by atoms with Crippen molar-refractivity contribution >= 4 is 43.5 Å². The van der Waals surface area contributed by atoms with E-state index in [1.807, 2.05) is 68.4 Å². The van der Waals surface area contributed by atoms with Crippen molar-refractivity contribution < 1.29 is 22.7 Å². The first kappa shape index (κ1) is 33.1. The Balaban J connectivity index is 1.91. The van der Waals surface area contributed by atoms with E-state index in [-0.39, 0.29) is 43.8 Å². The van der Waals surface area contributed by atoms with E-state index in [0.717, 1.165) is 28.3 Å². The van der Waals surface area contributed by atoms with Crippen LogP contribution in [0.2, 0.25) is 0 Å². The molecule has 3 aromatic rings. The average Bonchev–Trinajstić information content (AvgIpc) is 2.96. The number of anilines is 1. The minimum Gasteiger partial charge on any atom is -0.495 e. The van der Waals surface area contributed by atoms with Gasteiger partial charge in [0.05, 0.1) is 19.1 Å². The number of carbonyl (C=O) groups excluding carboxylic acids is 2. The second-order valence-corrected chi connectivity index (χ2v) is 13.1. The Morgan fingerprint density at radius 2 is 1.64 bits per heavy atom. The Morgan fingerprint density at radius 1 is 0.976 bits per heavy atom. The fraction of sp³-hybridized carbons (Fsp3) is 0.375. The fourth-order valence-electron chi connectivity index (χ4n) is 4.65. The standard InChI is InChI=1S/C32H40BrN3O5S/c1-5-24(2)34-32(38)29(22-25-13-7-6-8-14-25)35(23-26-15-11-16-27(33)21-26)31(37)19-12-20-36(42(4,39)40)28-17-9-10-18-30(28)41-3/h6-11,13-18,21,24,29H,5,12,19-20,22-23H2,1-4H3,(H,34,38)/t24-,29+/m1/s1. The van der Waals surface area contributed by atoms with Crippen LogP contribution in [0.3, 0.4) is 0 Å². The predicted molar refractivity (Wildman–Crippen MR) is 171 cm³/mol. The van der Waals surface area contributed by atoms with Crippen LogP contribution >= 0.6 is 15.9 Å². The summed E-state index contributed by atoms with van der Waals surface area (Å²) in [5.41, 5.74) is 2.23. The molecule has 2 atom stereocenters. The molecule has 42 heavy (non-hydrogen) atoms. The van der Waals surface area contributed by atoms with Gasteiger partial charge in [0.1, 0.15) is 11.8 Å². The molecule has 0 heterocycles. The molecule has 0 aliphatic heterocycles. The van der Waals surface area contributed by atoms with Crippen LogP contribution in [0.15, 0.2) is 83.3 Å². The van der Waals surface area contributed by atoms with Crippen LogP contribution in [0.1, 0.15) is 44.2 Å². The van der Waals surface area contributed by atoms with Crippen molar-refractivity contribution in [3.05, 3.63) is 94.5 Å². The van der Waals surface area contributed by atoms with Crippen LogP contribution in [0.5, 0.6) is 5.75 Å². The summed E-state index contributed by atoms with van der Waals surface area (Å²) >= 11 is 3.51. The maximum atomic E-state index is 14.0. The first-order valence-electron chi connectivity index (χ1n) is 14.0. The van der Waals surface area contributed by atoms with Gasteiger partial charge < -0.3 is 15.0 Å². The third kappa shape index (κ3) is 9.59. The number of halogens is 1. The van der Waals surface area contributed by atoms with Crippen LogP contribution in [-0.4, -0.2) is 57.1 Å². The van der Waals surface area contributed by atoms with Crippen molar-refractivity contribution in [2.45, 2.75) is 58.2 Å². The average molecular weight is 659 g/mol. The Labute approximate surface area is 258 Å². The number of sulfonamides is 1. The van der Waals surface area contributed by atoms with Crippen molar-refractivity contribution in [3.63, 3.8) is 0 Å². The maximum absolute atomic E-state index is 14.0. The van der Waals surface area contributed by atoms with E-state index >= 15 is 0 Å². The molecule has 10 heteroatoms. The minimum absolute atomic E-state index is 0.0527. The summed E-state index contributed by atoms with van der Waals surface area (Å²) in [5, 5.41) is 3.07. The molecule has 0 aliphatic carbocycles. The molecule has 0 radical (unpaired) electrons. The van der Waals surface area contributed by atoms with E-state index in [9.17, 15) is 18.0 Å². The molecule has 0 bridgehead atoms. The number of methoxy groups -OCH3 is 1. The zero-order valence-corrected chi connectivity index (χ0v) is 27.0. The van der Waals surface area contributed by atoms with Gasteiger partial charge in [-0.3, -0.25) is 13.9 Å². The Bertz CT molecular complexity index is 1430. The number of nitrogens with zero attached hydrogens (tertiary/aromatic N) is 2. The number of carbonyl (C=O) groups is 2. The van der Waals surface area contributed by atoms with Gasteiger partial charge >= 0.3 is 0 Å². The van der Waals surface area contributed by atoms with Crippen LogP contribution in [0.25, 0.3) is 0 Å². The SMILES string of the molecule is CC[C@@H](C)NC(=O)[C@H](Cc1ccccc1)N(Cc1cccc(Br)c1)C(=O)CCCN(c1ccccc1OC)S(C)(=O)=O. The highest BCUT2D eigenvalue weighted by molar-refractivity contribution is 9.10. The highest BCUT2D eigenvalue weighted by Crippen LogP contribution is 2.30. The van der Waals surface area contributed by atoms with Crippen LogP contribution < -0.4 is 14.4 Å². The lowest BCUT2D eigenvalue weighted by atomic mass is 10.0. The summed E-state index contributed by atoms with van der Waals surface area (Å²) in [6, 6.07) is 23.4. The second-order valence-electron chi connectivity index (χ2n) is 10.3. The predicted octanol–water partition coefficient (Wildman–Crippen LogP) is 5.56. The van der Waals surface area contributed by atoms with Gasteiger partial charge in [-0.2, -0.15) is 0 Å². The molecule has 8 nitrogen and oxygen atoms in total. The molecule has 226 valence electrons. The highest BCUT2D eigenvalue weighted by Gasteiger charge is 2.31. The van der Waals surface area contributed by atoms with Crippen molar-refractivity contribution in [2.75, 3.05) is 24.2 Å². The van der Waals surface area contributed by atoms with E-state index in [1.165, 1.54) is 11.4 Å².